The second kappa shape index (κ2) is 24.4. The van der Waals surface area contributed by atoms with Gasteiger partial charge in [-0.15, -0.1) is 0 Å². The predicted octanol–water partition coefficient (Wildman–Crippen LogP) is 5.57. The Labute approximate surface area is 145 Å². The van der Waals surface area contributed by atoms with Gasteiger partial charge in [-0.25, -0.2) is 0 Å². The molecule has 4 nitrogen and oxygen atoms in total. The first-order valence-electron chi connectivity index (χ1n) is 9.77. The SMILES string of the molecule is CCCCCCCCCCCCCCCCCCN.O=[PH](O)O. The quantitative estimate of drug-likeness (QED) is 0.251. The molecular formula is C18H42NO3P. The molecule has 0 fully saturated rings. The molecule has 0 amide bonds. The average Bonchev–Trinajstić information content (AvgIpc) is 2.50. The highest BCUT2D eigenvalue weighted by atomic mass is 31.1. The van der Waals surface area contributed by atoms with Crippen molar-refractivity contribution in [3.63, 3.8) is 0 Å². The molecule has 0 saturated heterocycles. The van der Waals surface area contributed by atoms with Crippen molar-refractivity contribution in [2.75, 3.05) is 6.54 Å². The maximum Gasteiger partial charge on any atom is 0.314 e. The molecule has 0 unspecified atom stereocenters. The first-order chi connectivity index (χ1) is 11.1. The van der Waals surface area contributed by atoms with Crippen LogP contribution in [-0.2, 0) is 4.57 Å². The summed E-state index contributed by atoms with van der Waals surface area (Å²) in [6.45, 7) is 3.16. The van der Waals surface area contributed by atoms with Gasteiger partial charge in [-0.1, -0.05) is 103 Å². The number of hydrogen-bond donors (Lipinski definition) is 3. The molecule has 0 aromatic heterocycles. The summed E-state index contributed by atoms with van der Waals surface area (Å²) in [6, 6.07) is 0. The summed E-state index contributed by atoms with van der Waals surface area (Å²) in [4.78, 5) is 14.3. The molecule has 0 aliphatic rings. The first-order valence-corrected chi connectivity index (χ1v) is 11.1. The van der Waals surface area contributed by atoms with E-state index >= 15 is 0 Å². The van der Waals surface area contributed by atoms with Gasteiger partial charge in [-0.2, -0.15) is 0 Å². The van der Waals surface area contributed by atoms with Gasteiger partial charge in [0, 0.05) is 0 Å². The van der Waals surface area contributed by atoms with Gasteiger partial charge in [0.25, 0.3) is 0 Å². The van der Waals surface area contributed by atoms with Gasteiger partial charge >= 0.3 is 8.25 Å². The summed E-state index contributed by atoms with van der Waals surface area (Å²) in [6.07, 6.45) is 22.9. The predicted molar refractivity (Wildman–Crippen MR) is 102 cm³/mol. The molecule has 5 heteroatoms. The third kappa shape index (κ3) is 34.5. The second-order valence-corrected chi connectivity index (χ2v) is 6.94. The van der Waals surface area contributed by atoms with E-state index in [1.54, 1.807) is 0 Å². The standard InChI is InChI=1S/C18H39N.H3O3P/c1-2-3-4-5-6-7-8-9-10-11-12-13-14-15-16-17-18-19;1-4(2)3/h2-19H2,1H3;4H,(H2,1,2,3). The van der Waals surface area contributed by atoms with Gasteiger partial charge in [0.2, 0.25) is 0 Å². The summed E-state index contributed by atoms with van der Waals surface area (Å²) in [7, 11) is -3.13. The van der Waals surface area contributed by atoms with E-state index in [1.165, 1.54) is 103 Å². The number of hydrogen-bond acceptors (Lipinski definition) is 2. The molecule has 0 radical (unpaired) electrons. The number of nitrogens with two attached hydrogens (primary N) is 1. The summed E-state index contributed by atoms with van der Waals surface area (Å²) < 4.78 is 8.74. The van der Waals surface area contributed by atoms with Crippen LogP contribution in [0.4, 0.5) is 0 Å². The molecule has 0 spiro atoms. The molecule has 0 aromatic carbocycles. The lowest BCUT2D eigenvalue weighted by molar-refractivity contribution is 0.405. The Morgan fingerprint density at radius 1 is 0.609 bits per heavy atom. The van der Waals surface area contributed by atoms with Crippen LogP contribution in [0.3, 0.4) is 0 Å². The summed E-state index contributed by atoms with van der Waals surface area (Å²) >= 11 is 0. The van der Waals surface area contributed by atoms with E-state index in [-0.39, 0.29) is 0 Å². The zero-order valence-corrected chi connectivity index (χ0v) is 16.4. The topological polar surface area (TPSA) is 83.6 Å². The highest BCUT2D eigenvalue weighted by molar-refractivity contribution is 7.30. The molecular weight excluding hydrogens is 309 g/mol. The first kappa shape index (κ1) is 25.4. The fraction of sp³-hybridized carbons (Fsp3) is 1.00. The molecule has 4 N–H and O–H groups in total. The van der Waals surface area contributed by atoms with Crippen LogP contribution in [0.5, 0.6) is 0 Å². The van der Waals surface area contributed by atoms with Crippen LogP contribution < -0.4 is 5.73 Å². The minimum absolute atomic E-state index is 0.873. The molecule has 0 saturated carbocycles. The fourth-order valence-corrected chi connectivity index (χ4v) is 2.69. The smallest absolute Gasteiger partial charge is 0.314 e. The van der Waals surface area contributed by atoms with E-state index in [2.05, 4.69) is 6.92 Å². The third-order valence-corrected chi connectivity index (χ3v) is 4.06. The number of rotatable bonds is 16. The van der Waals surface area contributed by atoms with Crippen LogP contribution in [0.15, 0.2) is 0 Å². The third-order valence-electron chi connectivity index (χ3n) is 4.06. The normalized spacial score (nSPS) is 10.7. The minimum Gasteiger partial charge on any atom is -0.330 e. The van der Waals surface area contributed by atoms with Gasteiger partial charge < -0.3 is 15.5 Å². The van der Waals surface area contributed by atoms with Gasteiger partial charge in [0.05, 0.1) is 0 Å². The van der Waals surface area contributed by atoms with E-state index in [9.17, 15) is 0 Å². The molecule has 0 atom stereocenters. The van der Waals surface area contributed by atoms with E-state index in [1.807, 2.05) is 0 Å². The molecule has 0 bridgehead atoms. The van der Waals surface area contributed by atoms with Crippen LogP contribution in [0, 0.1) is 0 Å². The maximum atomic E-state index is 8.74. The van der Waals surface area contributed by atoms with Gasteiger partial charge in [-0.3, -0.25) is 4.57 Å². The van der Waals surface area contributed by atoms with Crippen molar-refractivity contribution >= 4 is 8.25 Å². The van der Waals surface area contributed by atoms with Crippen molar-refractivity contribution in [2.45, 2.75) is 110 Å². The Bertz CT molecular complexity index is 208. The van der Waals surface area contributed by atoms with E-state index in [0.29, 0.717) is 0 Å². The van der Waals surface area contributed by atoms with Crippen molar-refractivity contribution in [1.82, 2.24) is 0 Å². The second-order valence-electron chi connectivity index (χ2n) is 6.37. The zero-order chi connectivity index (χ0) is 17.6. The van der Waals surface area contributed by atoms with Crippen molar-refractivity contribution in [3.05, 3.63) is 0 Å². The van der Waals surface area contributed by atoms with Crippen molar-refractivity contribution < 1.29 is 14.4 Å². The Balaban J connectivity index is 0. The highest BCUT2D eigenvalue weighted by Crippen LogP contribution is 2.13. The largest absolute Gasteiger partial charge is 0.330 e. The lowest BCUT2D eigenvalue weighted by atomic mass is 10.0. The average molecular weight is 352 g/mol. The van der Waals surface area contributed by atoms with Gasteiger partial charge in [-0.05, 0) is 13.0 Å². The summed E-state index contributed by atoms with van der Waals surface area (Å²) in [5.41, 5.74) is 5.48. The minimum atomic E-state index is -3.13. The van der Waals surface area contributed by atoms with E-state index < -0.39 is 8.25 Å². The summed E-state index contributed by atoms with van der Waals surface area (Å²) in [5.74, 6) is 0. The van der Waals surface area contributed by atoms with Crippen LogP contribution in [0.1, 0.15) is 110 Å². The van der Waals surface area contributed by atoms with Crippen molar-refractivity contribution in [2.24, 2.45) is 5.73 Å². The molecule has 0 rings (SSSR count). The monoisotopic (exact) mass is 351 g/mol. The molecule has 0 aliphatic heterocycles. The number of unbranched alkanes of at least 4 members (excludes halogenated alkanes) is 15. The van der Waals surface area contributed by atoms with Crippen molar-refractivity contribution in [1.29, 1.82) is 0 Å². The lowest BCUT2D eigenvalue weighted by Gasteiger charge is -2.03. The van der Waals surface area contributed by atoms with Crippen LogP contribution in [0.25, 0.3) is 0 Å². The molecule has 0 heterocycles. The Kier molecular flexibility index (Phi) is 26.9. The molecule has 0 aromatic rings. The van der Waals surface area contributed by atoms with E-state index in [4.69, 9.17) is 20.1 Å². The highest BCUT2D eigenvalue weighted by Gasteiger charge is 1.94. The van der Waals surface area contributed by atoms with Gasteiger partial charge in [0.15, 0.2) is 0 Å². The molecule has 0 aliphatic carbocycles. The Hall–Kier alpha value is 0.110. The van der Waals surface area contributed by atoms with E-state index in [0.717, 1.165) is 6.54 Å². The van der Waals surface area contributed by atoms with Gasteiger partial charge in [0.1, 0.15) is 0 Å². The molecule has 23 heavy (non-hydrogen) atoms. The fourth-order valence-electron chi connectivity index (χ4n) is 2.69. The van der Waals surface area contributed by atoms with Crippen LogP contribution >= 0.6 is 8.25 Å². The lowest BCUT2D eigenvalue weighted by Crippen LogP contribution is -1.97. The van der Waals surface area contributed by atoms with Crippen molar-refractivity contribution in [3.8, 4) is 0 Å². The Morgan fingerprint density at radius 3 is 1.04 bits per heavy atom. The Morgan fingerprint density at radius 2 is 0.826 bits per heavy atom. The van der Waals surface area contributed by atoms with Crippen LogP contribution in [-0.4, -0.2) is 16.3 Å². The van der Waals surface area contributed by atoms with Crippen LogP contribution in [0.2, 0.25) is 0 Å². The zero-order valence-electron chi connectivity index (χ0n) is 15.4. The maximum absolute atomic E-state index is 8.74. The summed E-state index contributed by atoms with van der Waals surface area (Å²) in [5, 5.41) is 0. The molecule has 142 valence electrons.